The second-order valence-electron chi connectivity index (χ2n) is 1.86. The van der Waals surface area contributed by atoms with Crippen LogP contribution in [-0.2, 0) is 5.92 Å². The van der Waals surface area contributed by atoms with Crippen molar-refractivity contribution in [3.63, 3.8) is 0 Å². The Morgan fingerprint density at radius 2 is 2.30 bits per heavy atom. The van der Waals surface area contributed by atoms with Crippen molar-refractivity contribution in [3.05, 3.63) is 15.0 Å². The normalized spacial score (nSPS) is 12.0. The van der Waals surface area contributed by atoms with Gasteiger partial charge < -0.3 is 0 Å². The summed E-state index contributed by atoms with van der Waals surface area (Å²) >= 11 is 3.94. The van der Waals surface area contributed by atoms with E-state index in [-0.39, 0.29) is 5.01 Å². The molecule has 0 saturated heterocycles. The van der Waals surface area contributed by atoms with Crippen molar-refractivity contribution in [3.8, 4) is 0 Å². The van der Waals surface area contributed by atoms with Crippen molar-refractivity contribution in [2.75, 3.05) is 0 Å². The Bertz CT molecular complexity index is 230. The number of hydrogen-bond donors (Lipinski definition) is 0. The quantitative estimate of drug-likeness (QED) is 0.719. The van der Waals surface area contributed by atoms with E-state index in [2.05, 4.69) is 20.9 Å². The monoisotopic (exact) mass is 227 g/mol. The Morgan fingerprint density at radius 3 is 2.50 bits per heavy atom. The molecule has 0 aliphatic heterocycles. The molecule has 56 valence electrons. The molecular formula is C5H4BrF2NS. The number of rotatable bonds is 1. The van der Waals surface area contributed by atoms with Crippen molar-refractivity contribution < 1.29 is 8.78 Å². The molecule has 5 heteroatoms. The summed E-state index contributed by atoms with van der Waals surface area (Å²) in [6, 6.07) is 0. The van der Waals surface area contributed by atoms with Gasteiger partial charge in [-0.15, -0.1) is 11.3 Å². The van der Waals surface area contributed by atoms with E-state index < -0.39 is 5.92 Å². The topological polar surface area (TPSA) is 12.9 Å². The maximum absolute atomic E-state index is 12.4. The lowest BCUT2D eigenvalue weighted by Crippen LogP contribution is -2.05. The van der Waals surface area contributed by atoms with Gasteiger partial charge in [0, 0.05) is 12.3 Å². The van der Waals surface area contributed by atoms with Crippen LogP contribution in [0.4, 0.5) is 8.78 Å². The van der Waals surface area contributed by atoms with E-state index in [0.717, 1.165) is 18.3 Å². The molecule has 0 aromatic carbocycles. The van der Waals surface area contributed by atoms with Crippen LogP contribution >= 0.6 is 27.3 Å². The second-order valence-corrected chi connectivity index (χ2v) is 3.53. The van der Waals surface area contributed by atoms with E-state index in [1.54, 1.807) is 0 Å². The Balaban J connectivity index is 2.96. The molecule has 1 aromatic rings. The van der Waals surface area contributed by atoms with E-state index in [1.165, 1.54) is 5.38 Å². The molecule has 1 heterocycles. The van der Waals surface area contributed by atoms with E-state index in [1.807, 2.05) is 0 Å². The third kappa shape index (κ3) is 1.73. The first-order chi connectivity index (χ1) is 4.50. The molecule has 0 aliphatic carbocycles. The van der Waals surface area contributed by atoms with Crippen LogP contribution in [0.2, 0.25) is 0 Å². The minimum atomic E-state index is -2.81. The Hall–Kier alpha value is -0.0300. The van der Waals surface area contributed by atoms with Crippen LogP contribution in [0.1, 0.15) is 11.9 Å². The van der Waals surface area contributed by atoms with Gasteiger partial charge in [-0.05, 0) is 15.9 Å². The molecular weight excluding hydrogens is 224 g/mol. The molecule has 1 rings (SSSR count). The minimum Gasteiger partial charge on any atom is -0.228 e. The Labute approximate surface area is 69.2 Å². The molecule has 0 unspecified atom stereocenters. The lowest BCUT2D eigenvalue weighted by Gasteiger charge is -2.03. The molecule has 0 amide bonds. The second kappa shape index (κ2) is 2.54. The molecule has 0 bridgehead atoms. The van der Waals surface area contributed by atoms with Crippen molar-refractivity contribution >= 4 is 27.3 Å². The van der Waals surface area contributed by atoms with E-state index >= 15 is 0 Å². The predicted molar refractivity (Wildman–Crippen MR) is 39.4 cm³/mol. The first kappa shape index (κ1) is 8.07. The van der Waals surface area contributed by atoms with Crippen LogP contribution in [-0.4, -0.2) is 4.98 Å². The van der Waals surface area contributed by atoms with Gasteiger partial charge in [0.05, 0.1) is 0 Å². The lowest BCUT2D eigenvalue weighted by molar-refractivity contribution is 0.0171. The van der Waals surface area contributed by atoms with E-state index in [4.69, 9.17) is 0 Å². The summed E-state index contributed by atoms with van der Waals surface area (Å²) in [7, 11) is 0. The van der Waals surface area contributed by atoms with Crippen LogP contribution in [0.15, 0.2) is 9.98 Å². The number of thiazole rings is 1. The third-order valence-corrected chi connectivity index (χ3v) is 2.58. The first-order valence-electron chi connectivity index (χ1n) is 2.49. The van der Waals surface area contributed by atoms with Crippen molar-refractivity contribution in [1.82, 2.24) is 4.98 Å². The molecule has 0 saturated carbocycles. The van der Waals surface area contributed by atoms with Crippen molar-refractivity contribution in [2.24, 2.45) is 0 Å². The summed E-state index contributed by atoms with van der Waals surface area (Å²) < 4.78 is 25.3. The SMILES string of the molecule is CC(F)(F)c1nc(Br)cs1. The summed E-state index contributed by atoms with van der Waals surface area (Å²) in [5, 5.41) is 1.38. The van der Waals surface area contributed by atoms with Gasteiger partial charge in [0.2, 0.25) is 0 Å². The smallest absolute Gasteiger partial charge is 0.228 e. The summed E-state index contributed by atoms with van der Waals surface area (Å²) in [4.78, 5) is 3.57. The van der Waals surface area contributed by atoms with Crippen molar-refractivity contribution in [1.29, 1.82) is 0 Å². The average molecular weight is 228 g/mol. The highest BCUT2D eigenvalue weighted by Crippen LogP contribution is 2.30. The van der Waals surface area contributed by atoms with Gasteiger partial charge >= 0.3 is 0 Å². The molecule has 0 N–H and O–H groups in total. The molecule has 0 fully saturated rings. The van der Waals surface area contributed by atoms with Crippen LogP contribution < -0.4 is 0 Å². The third-order valence-electron chi connectivity index (χ3n) is 0.852. The molecule has 1 nitrogen and oxygen atoms in total. The van der Waals surface area contributed by atoms with Crippen LogP contribution in [0.3, 0.4) is 0 Å². The molecule has 0 atom stereocenters. The van der Waals surface area contributed by atoms with Gasteiger partial charge in [0.1, 0.15) is 4.60 Å². The summed E-state index contributed by atoms with van der Waals surface area (Å²) in [6.07, 6.45) is 0. The summed E-state index contributed by atoms with van der Waals surface area (Å²) in [5.74, 6) is -2.81. The summed E-state index contributed by atoms with van der Waals surface area (Å²) in [6.45, 7) is 0.832. The maximum Gasteiger partial charge on any atom is 0.296 e. The Kier molecular flexibility index (Phi) is 2.05. The fourth-order valence-corrected chi connectivity index (χ4v) is 1.65. The number of nitrogens with zero attached hydrogens (tertiary/aromatic N) is 1. The maximum atomic E-state index is 12.4. The molecule has 1 aromatic heterocycles. The standard InChI is InChI=1S/C5H4BrF2NS/c1-5(7,8)4-9-3(6)2-10-4/h2H,1H3. The fourth-order valence-electron chi connectivity index (χ4n) is 0.456. The first-order valence-corrected chi connectivity index (χ1v) is 4.17. The number of alkyl halides is 2. The van der Waals surface area contributed by atoms with Gasteiger partial charge in [-0.1, -0.05) is 0 Å². The van der Waals surface area contributed by atoms with Gasteiger partial charge in [-0.3, -0.25) is 0 Å². The molecule has 0 spiro atoms. The Morgan fingerprint density at radius 1 is 1.70 bits per heavy atom. The fraction of sp³-hybridized carbons (Fsp3) is 0.400. The zero-order valence-electron chi connectivity index (χ0n) is 5.07. The van der Waals surface area contributed by atoms with Crippen LogP contribution in [0, 0.1) is 0 Å². The number of aromatic nitrogens is 1. The minimum absolute atomic E-state index is 0.153. The largest absolute Gasteiger partial charge is 0.296 e. The van der Waals surface area contributed by atoms with Crippen LogP contribution in [0.25, 0.3) is 0 Å². The zero-order chi connectivity index (χ0) is 7.78. The zero-order valence-corrected chi connectivity index (χ0v) is 7.47. The van der Waals surface area contributed by atoms with Crippen LogP contribution in [0.5, 0.6) is 0 Å². The highest BCUT2D eigenvalue weighted by Gasteiger charge is 2.27. The van der Waals surface area contributed by atoms with Crippen molar-refractivity contribution in [2.45, 2.75) is 12.8 Å². The average Bonchev–Trinajstić information content (AvgIpc) is 2.11. The molecule has 0 radical (unpaired) electrons. The van der Waals surface area contributed by atoms with Gasteiger partial charge in [0.25, 0.3) is 5.92 Å². The van der Waals surface area contributed by atoms with E-state index in [0.29, 0.717) is 4.60 Å². The molecule has 0 aliphatic rings. The predicted octanol–water partition coefficient (Wildman–Crippen LogP) is 3.02. The lowest BCUT2D eigenvalue weighted by atomic mass is 10.4. The summed E-state index contributed by atoms with van der Waals surface area (Å²) in [5.41, 5.74) is 0. The van der Waals surface area contributed by atoms with Gasteiger partial charge in [-0.25, -0.2) is 4.98 Å². The number of halogens is 3. The van der Waals surface area contributed by atoms with Gasteiger partial charge in [0.15, 0.2) is 5.01 Å². The highest BCUT2D eigenvalue weighted by atomic mass is 79.9. The number of hydrogen-bond acceptors (Lipinski definition) is 2. The molecule has 10 heavy (non-hydrogen) atoms. The van der Waals surface area contributed by atoms with Gasteiger partial charge in [-0.2, -0.15) is 8.78 Å². The van der Waals surface area contributed by atoms with E-state index in [9.17, 15) is 8.78 Å². The highest BCUT2D eigenvalue weighted by molar-refractivity contribution is 9.10.